The van der Waals surface area contributed by atoms with Gasteiger partial charge in [-0.05, 0) is 37.0 Å². The van der Waals surface area contributed by atoms with Gasteiger partial charge in [-0.2, -0.15) is 0 Å². The summed E-state index contributed by atoms with van der Waals surface area (Å²) in [5.74, 6) is 0.353. The number of carbonyl (C=O) groups excluding carboxylic acids is 3. The third kappa shape index (κ3) is 5.69. The first-order chi connectivity index (χ1) is 11.9. The van der Waals surface area contributed by atoms with Crippen molar-refractivity contribution in [3.05, 3.63) is 35.4 Å². The van der Waals surface area contributed by atoms with Gasteiger partial charge < -0.3 is 5.32 Å². The topological polar surface area (TPSA) is 66.5 Å². The molecule has 136 valence electrons. The summed E-state index contributed by atoms with van der Waals surface area (Å²) in [4.78, 5) is 36.9. The van der Waals surface area contributed by atoms with Crippen molar-refractivity contribution in [3.8, 4) is 0 Å². The predicted octanol–water partition coefficient (Wildman–Crippen LogP) is 3.28. The van der Waals surface area contributed by atoms with Crippen molar-refractivity contribution in [1.82, 2.24) is 10.2 Å². The van der Waals surface area contributed by atoms with Crippen LogP contribution < -0.4 is 5.32 Å². The van der Waals surface area contributed by atoms with Gasteiger partial charge >= 0.3 is 0 Å². The smallest absolute Gasteiger partial charge is 0.251 e. The third-order valence-corrected chi connectivity index (χ3v) is 4.51. The Morgan fingerprint density at radius 2 is 1.64 bits per heavy atom. The number of hydrogen-bond donors (Lipinski definition) is 1. The summed E-state index contributed by atoms with van der Waals surface area (Å²) >= 11 is 0. The van der Waals surface area contributed by atoms with E-state index >= 15 is 0 Å². The van der Waals surface area contributed by atoms with Crippen molar-refractivity contribution in [2.24, 2.45) is 5.92 Å². The van der Waals surface area contributed by atoms with Crippen LogP contribution in [0.5, 0.6) is 0 Å². The van der Waals surface area contributed by atoms with E-state index in [4.69, 9.17) is 0 Å². The number of imide groups is 1. The summed E-state index contributed by atoms with van der Waals surface area (Å²) < 4.78 is 0. The molecule has 1 aliphatic heterocycles. The van der Waals surface area contributed by atoms with Crippen LogP contribution in [0.4, 0.5) is 0 Å². The average Bonchev–Trinajstić information content (AvgIpc) is 2.87. The normalized spacial score (nSPS) is 15.8. The standard InChI is InChI=1S/C20H28N2O3/c1-14(2)5-4-6-15(3)21-20(25)17-9-7-16(8-10-17)13-22-18(23)11-12-19(22)24/h7-10,14-15H,4-6,11-13H2,1-3H3,(H,21,25)/t15-/m0/s1. The Morgan fingerprint density at radius 3 is 2.20 bits per heavy atom. The molecule has 25 heavy (non-hydrogen) atoms. The number of nitrogens with zero attached hydrogens (tertiary/aromatic N) is 1. The molecular weight excluding hydrogens is 316 g/mol. The van der Waals surface area contributed by atoms with Crippen molar-refractivity contribution in [1.29, 1.82) is 0 Å². The van der Waals surface area contributed by atoms with E-state index in [0.717, 1.165) is 18.4 Å². The first-order valence-corrected chi connectivity index (χ1v) is 9.10. The SMILES string of the molecule is CC(C)CCC[C@H](C)NC(=O)c1ccc(CN2C(=O)CCC2=O)cc1. The highest BCUT2D eigenvalue weighted by atomic mass is 16.2. The number of hydrogen-bond acceptors (Lipinski definition) is 3. The van der Waals surface area contributed by atoms with Gasteiger partial charge in [0.25, 0.3) is 5.91 Å². The monoisotopic (exact) mass is 344 g/mol. The minimum absolute atomic E-state index is 0.0862. The van der Waals surface area contributed by atoms with Crippen molar-refractivity contribution in [2.45, 2.75) is 65.5 Å². The number of amides is 3. The van der Waals surface area contributed by atoms with Crippen LogP contribution >= 0.6 is 0 Å². The van der Waals surface area contributed by atoms with Crippen LogP contribution in [0, 0.1) is 5.92 Å². The minimum Gasteiger partial charge on any atom is -0.350 e. The highest BCUT2D eigenvalue weighted by molar-refractivity contribution is 6.01. The fourth-order valence-electron chi connectivity index (χ4n) is 2.95. The molecule has 1 saturated heterocycles. The van der Waals surface area contributed by atoms with E-state index in [2.05, 4.69) is 19.2 Å². The van der Waals surface area contributed by atoms with E-state index in [-0.39, 0.29) is 30.3 Å². The van der Waals surface area contributed by atoms with Crippen LogP contribution in [-0.2, 0) is 16.1 Å². The summed E-state index contributed by atoms with van der Waals surface area (Å²) in [5, 5.41) is 3.02. The van der Waals surface area contributed by atoms with Gasteiger partial charge in [0.1, 0.15) is 0 Å². The molecule has 0 aliphatic carbocycles. The molecule has 0 radical (unpaired) electrons. The van der Waals surface area contributed by atoms with E-state index in [1.807, 2.05) is 6.92 Å². The fourth-order valence-corrected chi connectivity index (χ4v) is 2.95. The molecule has 1 aromatic carbocycles. The number of nitrogens with one attached hydrogen (secondary N) is 1. The quantitative estimate of drug-likeness (QED) is 0.736. The van der Waals surface area contributed by atoms with Crippen LogP contribution in [0.3, 0.4) is 0 Å². The molecule has 0 aromatic heterocycles. The lowest BCUT2D eigenvalue weighted by atomic mass is 10.0. The second-order valence-corrected chi connectivity index (χ2v) is 7.27. The van der Waals surface area contributed by atoms with Crippen molar-refractivity contribution >= 4 is 17.7 Å². The number of rotatable bonds is 8. The van der Waals surface area contributed by atoms with Gasteiger partial charge in [-0.3, -0.25) is 19.3 Å². The van der Waals surface area contributed by atoms with E-state index in [1.165, 1.54) is 11.3 Å². The van der Waals surface area contributed by atoms with Crippen LogP contribution in [0.25, 0.3) is 0 Å². The zero-order valence-corrected chi connectivity index (χ0v) is 15.4. The molecule has 1 aromatic rings. The molecule has 0 bridgehead atoms. The van der Waals surface area contributed by atoms with Gasteiger partial charge in [0.15, 0.2) is 0 Å². The van der Waals surface area contributed by atoms with Gasteiger partial charge in [-0.25, -0.2) is 0 Å². The van der Waals surface area contributed by atoms with Gasteiger partial charge in [0.2, 0.25) is 11.8 Å². The number of benzene rings is 1. The molecule has 0 unspecified atom stereocenters. The maximum atomic E-state index is 12.3. The first kappa shape index (κ1) is 19.2. The molecule has 1 aliphatic rings. The Morgan fingerprint density at radius 1 is 1.04 bits per heavy atom. The van der Waals surface area contributed by atoms with Crippen molar-refractivity contribution < 1.29 is 14.4 Å². The molecule has 1 N–H and O–H groups in total. The molecule has 3 amide bonds. The lowest BCUT2D eigenvalue weighted by molar-refractivity contribution is -0.139. The Bertz CT molecular complexity index is 606. The maximum absolute atomic E-state index is 12.3. The molecule has 0 spiro atoms. The Balaban J connectivity index is 1.85. The summed E-state index contributed by atoms with van der Waals surface area (Å²) in [7, 11) is 0. The zero-order chi connectivity index (χ0) is 18.4. The molecular formula is C20H28N2O3. The van der Waals surface area contributed by atoms with E-state index in [0.29, 0.717) is 24.3 Å². The largest absolute Gasteiger partial charge is 0.350 e. The number of carbonyl (C=O) groups is 3. The Hall–Kier alpha value is -2.17. The molecule has 5 heteroatoms. The maximum Gasteiger partial charge on any atom is 0.251 e. The van der Waals surface area contributed by atoms with Gasteiger partial charge in [0, 0.05) is 24.4 Å². The Kier molecular flexibility index (Phi) is 6.73. The second kappa shape index (κ2) is 8.79. The van der Waals surface area contributed by atoms with Crippen molar-refractivity contribution in [3.63, 3.8) is 0 Å². The summed E-state index contributed by atoms with van der Waals surface area (Å²) in [6, 6.07) is 7.24. The van der Waals surface area contributed by atoms with E-state index in [9.17, 15) is 14.4 Å². The second-order valence-electron chi connectivity index (χ2n) is 7.27. The summed E-state index contributed by atoms with van der Waals surface area (Å²) in [6.45, 7) is 6.71. The lowest BCUT2D eigenvalue weighted by Gasteiger charge is -2.16. The molecule has 1 heterocycles. The number of likely N-dealkylation sites (tertiary alicyclic amines) is 1. The van der Waals surface area contributed by atoms with E-state index < -0.39 is 0 Å². The molecule has 2 rings (SSSR count). The highest BCUT2D eigenvalue weighted by Crippen LogP contribution is 2.16. The van der Waals surface area contributed by atoms with E-state index in [1.54, 1.807) is 24.3 Å². The zero-order valence-electron chi connectivity index (χ0n) is 15.4. The summed E-state index contributed by atoms with van der Waals surface area (Å²) in [5.41, 5.74) is 1.45. The average molecular weight is 344 g/mol. The molecule has 1 atom stereocenters. The van der Waals surface area contributed by atoms with Crippen LogP contribution in [-0.4, -0.2) is 28.7 Å². The predicted molar refractivity (Wildman–Crippen MR) is 96.9 cm³/mol. The van der Waals surface area contributed by atoms with Crippen LogP contribution in [0.2, 0.25) is 0 Å². The summed E-state index contributed by atoms with van der Waals surface area (Å²) in [6.07, 6.45) is 3.85. The third-order valence-electron chi connectivity index (χ3n) is 4.51. The lowest BCUT2D eigenvalue weighted by Crippen LogP contribution is -2.32. The minimum atomic E-state index is -0.123. The molecule has 0 saturated carbocycles. The molecule has 5 nitrogen and oxygen atoms in total. The van der Waals surface area contributed by atoms with Crippen molar-refractivity contribution in [2.75, 3.05) is 0 Å². The van der Waals surface area contributed by atoms with Crippen LogP contribution in [0.15, 0.2) is 24.3 Å². The first-order valence-electron chi connectivity index (χ1n) is 9.10. The Labute approximate surface area is 149 Å². The highest BCUT2D eigenvalue weighted by Gasteiger charge is 2.28. The van der Waals surface area contributed by atoms with Crippen LogP contribution in [0.1, 0.15) is 68.8 Å². The van der Waals surface area contributed by atoms with Gasteiger partial charge in [-0.15, -0.1) is 0 Å². The fraction of sp³-hybridized carbons (Fsp3) is 0.550. The van der Waals surface area contributed by atoms with Gasteiger partial charge in [0.05, 0.1) is 6.54 Å². The molecule has 1 fully saturated rings. The van der Waals surface area contributed by atoms with Gasteiger partial charge in [-0.1, -0.05) is 38.8 Å².